The number of ether oxygens (including phenoxy) is 2. The maximum absolute atomic E-state index is 13.5. The summed E-state index contributed by atoms with van der Waals surface area (Å²) in [5.41, 5.74) is 3.60. The summed E-state index contributed by atoms with van der Waals surface area (Å²) in [6.07, 6.45) is 12.9. The molecule has 2 amide bonds. The molecule has 0 aliphatic rings. The molecular formula is C37H54N2O9. The van der Waals surface area contributed by atoms with E-state index in [-0.39, 0.29) is 13.0 Å². The van der Waals surface area contributed by atoms with E-state index >= 15 is 0 Å². The van der Waals surface area contributed by atoms with Gasteiger partial charge in [0, 0.05) is 32.6 Å². The number of carboxylic acids is 1. The van der Waals surface area contributed by atoms with Gasteiger partial charge in [0.25, 0.3) is 0 Å². The van der Waals surface area contributed by atoms with Crippen LogP contribution in [-0.2, 0) is 35.1 Å². The summed E-state index contributed by atoms with van der Waals surface area (Å²) < 4.78 is 10.3. The molecule has 0 saturated heterocycles. The molecule has 0 fully saturated rings. The van der Waals surface area contributed by atoms with Crippen LogP contribution in [0.5, 0.6) is 5.75 Å². The number of aliphatic hydroxyl groups is 1. The highest BCUT2D eigenvalue weighted by molar-refractivity contribution is 5.93. The molecule has 11 nitrogen and oxygen atoms in total. The highest BCUT2D eigenvalue weighted by Crippen LogP contribution is 2.26. The topological polar surface area (TPSA) is 182 Å². The molecule has 0 radical (unpaired) electrons. The van der Waals surface area contributed by atoms with Crippen molar-refractivity contribution >= 4 is 29.5 Å². The quantitative estimate of drug-likeness (QED) is 0.0465. The summed E-state index contributed by atoms with van der Waals surface area (Å²) in [4.78, 5) is 61.6. The molecule has 0 heterocycles. The number of primary amides is 1. The van der Waals surface area contributed by atoms with E-state index < -0.39 is 54.3 Å². The van der Waals surface area contributed by atoms with E-state index in [1.54, 1.807) is 37.3 Å². The van der Waals surface area contributed by atoms with Crippen molar-refractivity contribution in [3.05, 3.63) is 42.0 Å². The molecule has 0 saturated carbocycles. The smallest absolute Gasteiger partial charge is 0.336 e. The predicted octanol–water partition coefficient (Wildman–Crippen LogP) is 4.81. The van der Waals surface area contributed by atoms with Gasteiger partial charge in [0.2, 0.25) is 11.8 Å². The van der Waals surface area contributed by atoms with E-state index in [4.69, 9.17) is 15.2 Å². The van der Waals surface area contributed by atoms with Gasteiger partial charge < -0.3 is 30.7 Å². The van der Waals surface area contributed by atoms with Crippen molar-refractivity contribution in [1.82, 2.24) is 5.32 Å². The second-order valence-electron chi connectivity index (χ2n) is 11.9. The number of carbonyl (C=O) groups is 5. The lowest BCUT2D eigenvalue weighted by atomic mass is 9.83. The molecule has 0 bridgehead atoms. The molecule has 5 N–H and O–H groups in total. The van der Waals surface area contributed by atoms with Crippen molar-refractivity contribution in [3.8, 4) is 17.6 Å². The van der Waals surface area contributed by atoms with Crippen LogP contribution in [-0.4, -0.2) is 64.6 Å². The van der Waals surface area contributed by atoms with Gasteiger partial charge in [0.15, 0.2) is 5.60 Å². The van der Waals surface area contributed by atoms with Crippen molar-refractivity contribution in [3.63, 3.8) is 0 Å². The normalized spacial score (nSPS) is 13.4. The Morgan fingerprint density at radius 3 is 2.17 bits per heavy atom. The maximum Gasteiger partial charge on any atom is 0.336 e. The van der Waals surface area contributed by atoms with Gasteiger partial charge in [-0.05, 0) is 50.3 Å². The van der Waals surface area contributed by atoms with Crippen LogP contribution in [0.4, 0.5) is 0 Å². The minimum Gasteiger partial charge on any atom is -0.481 e. The lowest BCUT2D eigenvalue weighted by Gasteiger charge is -2.30. The first kappa shape index (κ1) is 41.9. The number of hydrogen-bond acceptors (Lipinski definition) is 8. The van der Waals surface area contributed by atoms with E-state index in [2.05, 4.69) is 24.1 Å². The summed E-state index contributed by atoms with van der Waals surface area (Å²) in [5.74, 6) is 0.616. The first-order valence-corrected chi connectivity index (χ1v) is 16.9. The Hall–Kier alpha value is -4.17. The maximum atomic E-state index is 13.5. The van der Waals surface area contributed by atoms with E-state index in [1.165, 1.54) is 25.3 Å². The lowest BCUT2D eigenvalue weighted by Crippen LogP contribution is -2.55. The number of rotatable bonds is 26. The number of carbonyl (C=O) groups excluding carboxylic acids is 4. The van der Waals surface area contributed by atoms with Crippen molar-refractivity contribution < 1.29 is 43.7 Å². The van der Waals surface area contributed by atoms with Crippen molar-refractivity contribution in [2.45, 2.75) is 122 Å². The Kier molecular flexibility index (Phi) is 21.0. The fourth-order valence-electron chi connectivity index (χ4n) is 5.06. The highest BCUT2D eigenvalue weighted by Gasteiger charge is 2.47. The van der Waals surface area contributed by atoms with Crippen molar-refractivity contribution in [1.29, 1.82) is 0 Å². The number of amides is 2. The molecule has 0 aliphatic carbocycles. The number of esters is 1. The molecule has 0 aliphatic heterocycles. The summed E-state index contributed by atoms with van der Waals surface area (Å²) in [6.45, 7) is 4.78. The number of benzene rings is 1. The first-order valence-electron chi connectivity index (χ1n) is 16.9. The zero-order chi connectivity index (χ0) is 35.8. The van der Waals surface area contributed by atoms with Gasteiger partial charge in [-0.1, -0.05) is 75.7 Å². The summed E-state index contributed by atoms with van der Waals surface area (Å²) in [7, 11) is 0. The van der Waals surface area contributed by atoms with Crippen molar-refractivity contribution in [2.75, 3.05) is 13.2 Å². The molecule has 3 atom stereocenters. The lowest BCUT2D eigenvalue weighted by molar-refractivity contribution is -0.170. The second kappa shape index (κ2) is 24.0. The van der Waals surface area contributed by atoms with E-state index in [9.17, 15) is 34.2 Å². The molecular weight excluding hydrogens is 616 g/mol. The molecule has 1 rings (SSSR count). The molecule has 0 unspecified atom stereocenters. The first-order chi connectivity index (χ1) is 22.9. The van der Waals surface area contributed by atoms with Gasteiger partial charge in [-0.25, -0.2) is 4.79 Å². The molecule has 0 spiro atoms. The van der Waals surface area contributed by atoms with Gasteiger partial charge in [0.1, 0.15) is 24.2 Å². The number of carboxylic acid groups (broad SMARTS) is 1. The van der Waals surface area contributed by atoms with Crippen LogP contribution in [0.1, 0.15) is 110 Å². The third kappa shape index (κ3) is 17.1. The third-order valence-corrected chi connectivity index (χ3v) is 7.93. The molecule has 0 aromatic heterocycles. The number of allylic oxidation sites excluding steroid dienone is 1. The Labute approximate surface area is 285 Å². The predicted molar refractivity (Wildman–Crippen MR) is 183 cm³/mol. The average molecular weight is 671 g/mol. The zero-order valence-electron chi connectivity index (χ0n) is 28.8. The number of hydrogen-bond donors (Lipinski definition) is 4. The largest absolute Gasteiger partial charge is 0.481 e. The van der Waals surface area contributed by atoms with Crippen LogP contribution in [0.2, 0.25) is 0 Å². The Morgan fingerprint density at radius 1 is 0.979 bits per heavy atom. The van der Waals surface area contributed by atoms with Crippen molar-refractivity contribution in [2.24, 2.45) is 11.7 Å². The fourth-order valence-corrected chi connectivity index (χ4v) is 5.06. The highest BCUT2D eigenvalue weighted by atomic mass is 16.5. The average Bonchev–Trinajstić information content (AvgIpc) is 3.04. The zero-order valence-corrected chi connectivity index (χ0v) is 28.8. The van der Waals surface area contributed by atoms with Gasteiger partial charge in [-0.3, -0.25) is 19.2 Å². The SMILES string of the molecule is CC#CCOc1ccc(C[C@H](NC(=O)[C@@H](/C=C/CCCCCCC(=O)CCCCCCC)[C@@](O)(CCOC(C)=O)C(=O)O)C(N)=O)cc1. The fraction of sp³-hybridized carbons (Fsp3) is 0.595. The number of aliphatic carboxylic acids is 1. The number of Topliss-reactive ketones (excluding diaryl/α,β-unsaturated/α-hetero) is 1. The van der Waals surface area contributed by atoms with E-state index in [0.717, 1.165) is 45.4 Å². The van der Waals surface area contributed by atoms with E-state index in [0.29, 0.717) is 36.4 Å². The Morgan fingerprint density at radius 2 is 1.60 bits per heavy atom. The molecule has 11 heteroatoms. The minimum absolute atomic E-state index is 0.00681. The third-order valence-electron chi connectivity index (χ3n) is 7.93. The van der Waals surface area contributed by atoms with Gasteiger partial charge in [0.05, 0.1) is 12.5 Å². The van der Waals surface area contributed by atoms with Crippen LogP contribution in [0.15, 0.2) is 36.4 Å². The van der Waals surface area contributed by atoms with Crippen LogP contribution in [0.3, 0.4) is 0 Å². The molecule has 266 valence electrons. The molecule has 48 heavy (non-hydrogen) atoms. The van der Waals surface area contributed by atoms with Gasteiger partial charge >= 0.3 is 11.9 Å². The van der Waals surface area contributed by atoms with Crippen LogP contribution >= 0.6 is 0 Å². The monoisotopic (exact) mass is 670 g/mol. The number of nitrogens with one attached hydrogen (secondary N) is 1. The summed E-state index contributed by atoms with van der Waals surface area (Å²) >= 11 is 0. The molecule has 1 aromatic rings. The minimum atomic E-state index is -2.64. The van der Waals surface area contributed by atoms with Crippen LogP contribution in [0, 0.1) is 17.8 Å². The second-order valence-corrected chi connectivity index (χ2v) is 11.9. The number of ketones is 1. The summed E-state index contributed by atoms with van der Waals surface area (Å²) in [6, 6.07) is 5.56. The van der Waals surface area contributed by atoms with E-state index in [1.807, 2.05) is 0 Å². The summed E-state index contributed by atoms with van der Waals surface area (Å²) in [5, 5.41) is 23.7. The Bertz CT molecular complexity index is 1250. The van der Waals surface area contributed by atoms with Gasteiger partial charge in [-0.15, -0.1) is 5.92 Å². The van der Waals surface area contributed by atoms with Gasteiger partial charge in [-0.2, -0.15) is 0 Å². The standard InChI is InChI=1S/C37H54N2O9/c1-4-6-8-11-14-17-30(41)18-15-12-9-10-13-16-19-32(37(46,36(44)45)24-26-47-28(3)40)35(43)39-33(34(38)42)27-29-20-22-31(23-21-29)48-25-7-5-2/h16,19-23,32-33,46H,4,6,8-15,17-18,24-27H2,1-3H3,(H2,38,42)(H,39,43)(H,44,45)/b19-16+/t32-,33+,37+/m1/s1. The van der Waals surface area contributed by atoms with Crippen LogP contribution < -0.4 is 15.8 Å². The molecule has 1 aromatic carbocycles. The number of nitrogens with two attached hydrogens (primary N) is 1. The number of unbranched alkanes of at least 4 members (excludes halogenated alkanes) is 8. The Balaban J connectivity index is 2.89. The van der Waals surface area contributed by atoms with Crippen LogP contribution in [0.25, 0.3) is 0 Å².